The summed E-state index contributed by atoms with van der Waals surface area (Å²) in [5.74, 6) is 0.931. The van der Waals surface area contributed by atoms with Crippen molar-refractivity contribution in [1.29, 1.82) is 0 Å². The molecule has 0 spiro atoms. The van der Waals surface area contributed by atoms with E-state index >= 15 is 0 Å². The van der Waals surface area contributed by atoms with Crippen LogP contribution in [-0.2, 0) is 11.2 Å². The number of nitrogens with one attached hydrogen (secondary N) is 1. The first-order chi connectivity index (χ1) is 12.9. The van der Waals surface area contributed by atoms with E-state index in [1.54, 1.807) is 0 Å². The Balaban J connectivity index is 1.36. The van der Waals surface area contributed by atoms with Crippen LogP contribution < -0.4 is 11.0 Å². The van der Waals surface area contributed by atoms with Crippen molar-refractivity contribution in [2.45, 2.75) is 63.9 Å². The van der Waals surface area contributed by atoms with Crippen molar-refractivity contribution in [2.24, 2.45) is 17.3 Å². The number of amides is 1. The summed E-state index contributed by atoms with van der Waals surface area (Å²) in [6.45, 7) is 2.05. The van der Waals surface area contributed by atoms with Crippen LogP contribution in [-0.4, -0.2) is 26.3 Å². The van der Waals surface area contributed by atoms with Crippen LogP contribution in [0.3, 0.4) is 0 Å². The van der Waals surface area contributed by atoms with E-state index < -0.39 is 5.60 Å². The van der Waals surface area contributed by atoms with Gasteiger partial charge in [0.2, 0.25) is 5.91 Å². The second-order valence-corrected chi connectivity index (χ2v) is 10.2. The Labute approximate surface area is 161 Å². The highest BCUT2D eigenvalue weighted by Crippen LogP contribution is 2.62. The highest BCUT2D eigenvalue weighted by molar-refractivity contribution is 7.18. The molecule has 2 unspecified atom stereocenters. The van der Waals surface area contributed by atoms with Gasteiger partial charge in [0.1, 0.15) is 11.2 Å². The van der Waals surface area contributed by atoms with Crippen molar-refractivity contribution < 1.29 is 9.90 Å². The molecule has 144 valence electrons. The van der Waals surface area contributed by atoms with E-state index in [9.17, 15) is 14.7 Å². The third kappa shape index (κ3) is 2.91. The lowest BCUT2D eigenvalue weighted by atomic mass is 9.47. The van der Waals surface area contributed by atoms with Gasteiger partial charge in [0.25, 0.3) is 5.56 Å². The molecule has 0 aliphatic heterocycles. The number of carbonyl (C=O) groups excluding carboxylic acids is 1. The SMILES string of the molecule is CCc1cc2c(=O)n(NC(=O)CC34CC5CC(CC(O)(C5)C3)C4)cnc2s1. The Morgan fingerprint density at radius 1 is 1.37 bits per heavy atom. The number of carbonyl (C=O) groups is 1. The van der Waals surface area contributed by atoms with Gasteiger partial charge in [-0.3, -0.25) is 15.0 Å². The molecule has 4 fully saturated rings. The van der Waals surface area contributed by atoms with Gasteiger partial charge in [0.15, 0.2) is 0 Å². The Bertz CT molecular complexity index is 964. The molecule has 2 atom stereocenters. The monoisotopic (exact) mass is 387 g/mol. The molecule has 4 bridgehead atoms. The molecule has 4 saturated carbocycles. The van der Waals surface area contributed by atoms with Gasteiger partial charge in [-0.05, 0) is 68.3 Å². The maximum Gasteiger partial charge on any atom is 0.280 e. The van der Waals surface area contributed by atoms with Crippen LogP contribution in [0.1, 0.15) is 56.7 Å². The summed E-state index contributed by atoms with van der Waals surface area (Å²) in [4.78, 5) is 31.6. The highest BCUT2D eigenvalue weighted by Gasteiger charge is 2.57. The molecule has 0 aromatic carbocycles. The highest BCUT2D eigenvalue weighted by atomic mass is 32.1. The van der Waals surface area contributed by atoms with Crippen LogP contribution in [0.4, 0.5) is 0 Å². The van der Waals surface area contributed by atoms with E-state index in [4.69, 9.17) is 0 Å². The first-order valence-electron chi connectivity index (χ1n) is 9.89. The largest absolute Gasteiger partial charge is 0.390 e. The molecule has 2 heterocycles. The zero-order valence-electron chi connectivity index (χ0n) is 15.5. The average Bonchev–Trinajstić information content (AvgIpc) is 2.99. The van der Waals surface area contributed by atoms with Gasteiger partial charge < -0.3 is 5.11 Å². The molecule has 0 radical (unpaired) electrons. The van der Waals surface area contributed by atoms with E-state index in [2.05, 4.69) is 10.4 Å². The van der Waals surface area contributed by atoms with E-state index in [1.807, 2.05) is 13.0 Å². The van der Waals surface area contributed by atoms with Crippen molar-refractivity contribution in [1.82, 2.24) is 9.66 Å². The molecule has 2 aromatic heterocycles. The fourth-order valence-electron chi connectivity index (χ4n) is 6.35. The molecule has 6 rings (SSSR count). The lowest BCUT2D eigenvalue weighted by Gasteiger charge is -2.60. The minimum atomic E-state index is -0.575. The molecular weight excluding hydrogens is 362 g/mol. The summed E-state index contributed by atoms with van der Waals surface area (Å²) in [6, 6.07) is 1.87. The molecule has 4 aliphatic carbocycles. The normalized spacial score (nSPS) is 34.3. The molecule has 0 saturated heterocycles. The molecular formula is C20H25N3O3S. The van der Waals surface area contributed by atoms with Gasteiger partial charge in [-0.2, -0.15) is 0 Å². The molecule has 7 heteroatoms. The smallest absolute Gasteiger partial charge is 0.280 e. The summed E-state index contributed by atoms with van der Waals surface area (Å²) >= 11 is 1.52. The van der Waals surface area contributed by atoms with Crippen molar-refractivity contribution in [2.75, 3.05) is 5.43 Å². The summed E-state index contributed by atoms with van der Waals surface area (Å²) in [5, 5.41) is 11.4. The van der Waals surface area contributed by atoms with Gasteiger partial charge in [-0.1, -0.05) is 6.92 Å². The molecule has 27 heavy (non-hydrogen) atoms. The maximum absolute atomic E-state index is 12.8. The predicted molar refractivity (Wildman–Crippen MR) is 104 cm³/mol. The van der Waals surface area contributed by atoms with Crippen molar-refractivity contribution in [3.8, 4) is 0 Å². The number of hydrogen-bond donors (Lipinski definition) is 2. The predicted octanol–water partition coefficient (Wildman–Crippen LogP) is 2.81. The van der Waals surface area contributed by atoms with Gasteiger partial charge in [0, 0.05) is 11.3 Å². The van der Waals surface area contributed by atoms with E-state index in [0.717, 1.165) is 43.4 Å². The zero-order chi connectivity index (χ0) is 18.8. The molecule has 4 aliphatic rings. The summed E-state index contributed by atoms with van der Waals surface area (Å²) in [5.41, 5.74) is 1.83. The second-order valence-electron chi connectivity index (χ2n) is 9.10. The average molecular weight is 388 g/mol. The van der Waals surface area contributed by atoms with Crippen molar-refractivity contribution >= 4 is 27.5 Å². The Hall–Kier alpha value is -1.73. The summed E-state index contributed by atoms with van der Waals surface area (Å²) in [7, 11) is 0. The Morgan fingerprint density at radius 3 is 2.78 bits per heavy atom. The second kappa shape index (κ2) is 5.88. The maximum atomic E-state index is 12.8. The third-order valence-electron chi connectivity index (χ3n) is 6.78. The molecule has 1 amide bonds. The standard InChI is InChI=1S/C20H25N3O3S/c1-2-14-4-15-17(27-14)21-11-23(18(15)25)22-16(24)9-19-5-12-3-13(6-19)8-20(26,7-12)10-19/h4,11-13,26H,2-3,5-10H2,1H3,(H,22,24). The van der Waals surface area contributed by atoms with Crippen LogP contribution in [0.5, 0.6) is 0 Å². The third-order valence-corrected chi connectivity index (χ3v) is 7.97. The van der Waals surface area contributed by atoms with Crippen LogP contribution >= 0.6 is 11.3 Å². The van der Waals surface area contributed by atoms with Crippen LogP contribution in [0.25, 0.3) is 10.2 Å². The number of rotatable bonds is 4. The number of aryl methyl sites for hydroxylation is 1. The lowest BCUT2D eigenvalue weighted by Crippen LogP contribution is -2.56. The molecule has 2 aromatic rings. The number of nitrogens with zero attached hydrogens (tertiary/aromatic N) is 2. The topological polar surface area (TPSA) is 84.2 Å². The van der Waals surface area contributed by atoms with Gasteiger partial charge in [-0.15, -0.1) is 11.3 Å². The first-order valence-corrected chi connectivity index (χ1v) is 10.7. The number of thiophene rings is 1. The molecule has 6 nitrogen and oxygen atoms in total. The van der Waals surface area contributed by atoms with E-state index in [0.29, 0.717) is 28.5 Å². The number of aliphatic hydroxyl groups is 1. The molecule has 2 N–H and O–H groups in total. The van der Waals surface area contributed by atoms with Gasteiger partial charge in [-0.25, -0.2) is 9.66 Å². The zero-order valence-corrected chi connectivity index (χ0v) is 16.3. The van der Waals surface area contributed by atoms with E-state index in [-0.39, 0.29) is 16.9 Å². The van der Waals surface area contributed by atoms with Crippen molar-refractivity contribution in [3.63, 3.8) is 0 Å². The van der Waals surface area contributed by atoms with E-state index in [1.165, 1.54) is 28.8 Å². The minimum absolute atomic E-state index is 0.109. The van der Waals surface area contributed by atoms with Crippen LogP contribution in [0.15, 0.2) is 17.2 Å². The number of hydrogen-bond acceptors (Lipinski definition) is 5. The summed E-state index contributed by atoms with van der Waals surface area (Å²) in [6.07, 6.45) is 8.39. The number of fused-ring (bicyclic) bond motifs is 1. The van der Waals surface area contributed by atoms with Gasteiger partial charge in [0.05, 0.1) is 11.0 Å². The Kier molecular flexibility index (Phi) is 3.78. The fourth-order valence-corrected chi connectivity index (χ4v) is 7.28. The quantitative estimate of drug-likeness (QED) is 0.845. The minimum Gasteiger partial charge on any atom is -0.390 e. The summed E-state index contributed by atoms with van der Waals surface area (Å²) < 4.78 is 1.21. The van der Waals surface area contributed by atoms with Crippen LogP contribution in [0.2, 0.25) is 0 Å². The van der Waals surface area contributed by atoms with Gasteiger partial charge >= 0.3 is 0 Å². The van der Waals surface area contributed by atoms with Crippen LogP contribution in [0, 0.1) is 17.3 Å². The number of aromatic nitrogens is 2. The first kappa shape index (κ1) is 17.4. The van der Waals surface area contributed by atoms with Crippen molar-refractivity contribution in [3.05, 3.63) is 27.6 Å². The Morgan fingerprint density at radius 2 is 2.11 bits per heavy atom. The fraction of sp³-hybridized carbons (Fsp3) is 0.650. The lowest BCUT2D eigenvalue weighted by molar-refractivity contribution is -0.168.